The molecule has 11 heteroatoms. The van der Waals surface area contributed by atoms with Gasteiger partial charge in [-0.3, -0.25) is 13.9 Å². The number of amides is 1. The zero-order chi connectivity index (χ0) is 40.0. The topological polar surface area (TPSA) is 136 Å². The van der Waals surface area contributed by atoms with E-state index in [1.807, 2.05) is 36.4 Å². The number of anilines is 2. The number of esters is 2. The molecule has 1 N–H and O–H groups in total. The van der Waals surface area contributed by atoms with Gasteiger partial charge in [0.25, 0.3) is 15.9 Å². The number of sulfonamides is 1. The number of allylic oxidation sites excluding steroid dienone is 2. The number of nitrogens with one attached hydrogen (secondary N) is 1. The lowest BCUT2D eigenvalue weighted by atomic mass is 9.90. The van der Waals surface area contributed by atoms with Crippen LogP contribution in [-0.2, 0) is 37.1 Å². The molecule has 6 rings (SSSR count). The minimum atomic E-state index is -4.23. The highest BCUT2D eigenvalue weighted by Gasteiger charge is 2.33. The summed E-state index contributed by atoms with van der Waals surface area (Å²) < 4.78 is 39.2. The van der Waals surface area contributed by atoms with Crippen LogP contribution in [0.5, 0.6) is 0 Å². The molecule has 10 nitrogen and oxygen atoms in total. The van der Waals surface area contributed by atoms with Crippen molar-refractivity contribution in [2.24, 2.45) is 0 Å². The number of Topliss-reactive ketones (excluding diaryl/α,β-unsaturated/α-hetero) is 1. The van der Waals surface area contributed by atoms with Crippen molar-refractivity contribution >= 4 is 45.0 Å². The molecular weight excluding hydrogens is 729 g/mol. The number of aryl methyl sites for hydroxylation is 2. The van der Waals surface area contributed by atoms with E-state index in [9.17, 15) is 27.6 Å². The first-order chi connectivity index (χ1) is 26.9. The maximum atomic E-state index is 14.2. The van der Waals surface area contributed by atoms with Gasteiger partial charge in [0, 0.05) is 29.3 Å². The van der Waals surface area contributed by atoms with Gasteiger partial charge in [-0.1, -0.05) is 54.1 Å². The summed E-state index contributed by atoms with van der Waals surface area (Å²) in [6.45, 7) is 3.42. The molecule has 0 saturated carbocycles. The summed E-state index contributed by atoms with van der Waals surface area (Å²) in [5, 5.41) is 3.06. The van der Waals surface area contributed by atoms with Crippen LogP contribution in [0.25, 0.3) is 0 Å². The lowest BCUT2D eigenvalue weighted by Gasteiger charge is -2.29. The van der Waals surface area contributed by atoms with E-state index in [1.54, 1.807) is 50.2 Å². The molecule has 0 unspecified atom stereocenters. The Labute approximate surface area is 328 Å². The molecule has 4 aromatic carbocycles. The van der Waals surface area contributed by atoms with Crippen LogP contribution in [0.4, 0.5) is 11.4 Å². The lowest BCUT2D eigenvalue weighted by Crippen LogP contribution is -2.38. The summed E-state index contributed by atoms with van der Waals surface area (Å²) in [5.41, 5.74) is 7.32. The molecule has 0 aliphatic heterocycles. The van der Waals surface area contributed by atoms with E-state index in [-0.39, 0.29) is 45.8 Å². The van der Waals surface area contributed by atoms with E-state index >= 15 is 0 Å². The Morgan fingerprint density at radius 2 is 1.39 bits per heavy atom. The molecule has 0 fully saturated rings. The molecule has 1 amide bonds. The van der Waals surface area contributed by atoms with Crippen molar-refractivity contribution in [3.8, 4) is 0 Å². The predicted octanol–water partition coefficient (Wildman–Crippen LogP) is 8.43. The number of para-hydroxylation sites is 1. The van der Waals surface area contributed by atoms with Crippen molar-refractivity contribution in [2.45, 2.75) is 76.2 Å². The Morgan fingerprint density at radius 1 is 0.750 bits per heavy atom. The highest BCUT2D eigenvalue weighted by molar-refractivity contribution is 7.92. The Morgan fingerprint density at radius 3 is 2.05 bits per heavy atom. The van der Waals surface area contributed by atoms with Gasteiger partial charge in [-0.05, 0) is 130 Å². The molecule has 0 heterocycles. The van der Waals surface area contributed by atoms with Gasteiger partial charge in [-0.2, -0.15) is 0 Å². The monoisotopic (exact) mass is 774 g/mol. The van der Waals surface area contributed by atoms with Crippen LogP contribution >= 0.6 is 0 Å². The van der Waals surface area contributed by atoms with E-state index in [1.165, 1.54) is 48.4 Å². The number of benzene rings is 4. The van der Waals surface area contributed by atoms with Gasteiger partial charge in [0.05, 0.1) is 35.9 Å². The number of ketones is 1. The Bertz CT molecular complexity index is 2320. The molecule has 56 heavy (non-hydrogen) atoms. The van der Waals surface area contributed by atoms with Crippen LogP contribution in [0.2, 0.25) is 0 Å². The van der Waals surface area contributed by atoms with E-state index in [0.29, 0.717) is 23.2 Å². The van der Waals surface area contributed by atoms with Crippen molar-refractivity contribution in [3.63, 3.8) is 0 Å². The standard InChI is InChI=1S/C45H46N2O8S/c1-29(2)47(40-15-8-7-14-39(40)45(51)55-4)56(52,53)37-12-9-11-34(27-37)41(48)28-35-26-33-10-5-6-13-38(33)42(35)43(49)46-36-24-20-31(21-25-36)17-16-30-18-22-32(23-19-30)44(50)54-3/h7-9,11-12,14-15,18-25,27,29H,5-6,10,13,16-17,26,28H2,1-4H3,(H,46,49). The van der Waals surface area contributed by atoms with Crippen LogP contribution < -0.4 is 9.62 Å². The van der Waals surface area contributed by atoms with Crippen molar-refractivity contribution < 1.29 is 37.1 Å². The third kappa shape index (κ3) is 8.68. The number of methoxy groups -OCH3 is 2. The summed E-state index contributed by atoms with van der Waals surface area (Å²) in [6, 6.07) is 26.8. The van der Waals surface area contributed by atoms with Gasteiger partial charge in [0.1, 0.15) is 0 Å². The molecule has 290 valence electrons. The van der Waals surface area contributed by atoms with Gasteiger partial charge < -0.3 is 14.8 Å². The van der Waals surface area contributed by atoms with Gasteiger partial charge in [0.15, 0.2) is 5.78 Å². The minimum Gasteiger partial charge on any atom is -0.465 e. The fraction of sp³-hybridized carbons (Fsp3) is 0.289. The van der Waals surface area contributed by atoms with Crippen molar-refractivity contribution in [2.75, 3.05) is 23.8 Å². The van der Waals surface area contributed by atoms with Crippen molar-refractivity contribution in [1.82, 2.24) is 0 Å². The average molecular weight is 775 g/mol. The number of hydrogen-bond acceptors (Lipinski definition) is 8. The summed E-state index contributed by atoms with van der Waals surface area (Å²) in [6.07, 6.45) is 5.68. The fourth-order valence-electron chi connectivity index (χ4n) is 7.51. The zero-order valence-corrected chi connectivity index (χ0v) is 32.9. The summed E-state index contributed by atoms with van der Waals surface area (Å²) in [7, 11) is -1.63. The average Bonchev–Trinajstić information content (AvgIpc) is 3.58. The molecule has 2 aliphatic carbocycles. The Hall–Kier alpha value is -5.81. The second-order valence-electron chi connectivity index (χ2n) is 14.3. The number of rotatable bonds is 14. The van der Waals surface area contributed by atoms with Crippen LogP contribution in [-0.4, -0.2) is 52.3 Å². The third-order valence-corrected chi connectivity index (χ3v) is 12.3. The molecule has 4 aromatic rings. The van der Waals surface area contributed by atoms with Crippen molar-refractivity contribution in [3.05, 3.63) is 147 Å². The smallest absolute Gasteiger partial charge is 0.340 e. The Balaban J connectivity index is 1.19. The molecule has 0 atom stereocenters. The van der Waals surface area contributed by atoms with Gasteiger partial charge in [0.2, 0.25) is 0 Å². The normalized spacial score (nSPS) is 14.0. The second kappa shape index (κ2) is 17.3. The number of nitrogens with zero attached hydrogens (tertiary/aromatic N) is 1. The van der Waals surface area contributed by atoms with Crippen LogP contribution in [0, 0.1) is 0 Å². The fourth-order valence-corrected chi connectivity index (χ4v) is 9.23. The number of carbonyl (C=O) groups is 4. The van der Waals surface area contributed by atoms with Crippen LogP contribution in [0.3, 0.4) is 0 Å². The Kier molecular flexibility index (Phi) is 12.3. The molecule has 0 saturated heterocycles. The molecule has 0 bridgehead atoms. The summed E-state index contributed by atoms with van der Waals surface area (Å²) in [5.74, 6) is -1.59. The maximum Gasteiger partial charge on any atom is 0.340 e. The molecular formula is C45H46N2O8S. The minimum absolute atomic E-state index is 0.0299. The largest absolute Gasteiger partial charge is 0.465 e. The first-order valence-corrected chi connectivity index (χ1v) is 20.2. The quantitative estimate of drug-likeness (QED) is 0.0997. The van der Waals surface area contributed by atoms with Gasteiger partial charge >= 0.3 is 11.9 Å². The first-order valence-electron chi connectivity index (χ1n) is 18.8. The van der Waals surface area contributed by atoms with E-state index in [0.717, 1.165) is 60.8 Å². The van der Waals surface area contributed by atoms with Gasteiger partial charge in [-0.15, -0.1) is 0 Å². The molecule has 0 aromatic heterocycles. The number of carbonyl (C=O) groups excluding carboxylic acids is 4. The lowest BCUT2D eigenvalue weighted by molar-refractivity contribution is -0.112. The van der Waals surface area contributed by atoms with Gasteiger partial charge in [-0.25, -0.2) is 18.0 Å². The number of ether oxygens (including phenoxy) is 2. The van der Waals surface area contributed by atoms with E-state index in [4.69, 9.17) is 9.47 Å². The number of hydrogen-bond donors (Lipinski definition) is 1. The summed E-state index contributed by atoms with van der Waals surface area (Å²) >= 11 is 0. The highest BCUT2D eigenvalue weighted by Crippen LogP contribution is 2.43. The zero-order valence-electron chi connectivity index (χ0n) is 32.1. The predicted molar refractivity (Wildman–Crippen MR) is 215 cm³/mol. The van der Waals surface area contributed by atoms with E-state index < -0.39 is 22.0 Å². The molecule has 2 aliphatic rings. The summed E-state index contributed by atoms with van der Waals surface area (Å²) in [4.78, 5) is 52.2. The highest BCUT2D eigenvalue weighted by atomic mass is 32.2. The van der Waals surface area contributed by atoms with Crippen molar-refractivity contribution in [1.29, 1.82) is 0 Å². The SMILES string of the molecule is COC(=O)c1ccc(CCc2ccc(NC(=O)C3=C(CC(=O)c4cccc(S(=O)(=O)N(c5ccccc5C(=O)OC)C(C)C)c4)CC4=C3CCCC4)cc2)cc1. The molecule has 0 radical (unpaired) electrons. The second-order valence-corrected chi connectivity index (χ2v) is 16.1. The first kappa shape index (κ1) is 39.9. The van der Waals surface area contributed by atoms with Crippen LogP contribution in [0.15, 0.2) is 124 Å². The molecule has 0 spiro atoms. The third-order valence-electron chi connectivity index (χ3n) is 10.3. The van der Waals surface area contributed by atoms with E-state index in [2.05, 4.69) is 5.32 Å². The maximum absolute atomic E-state index is 14.2. The van der Waals surface area contributed by atoms with Crippen LogP contribution in [0.1, 0.15) is 94.6 Å².